The van der Waals surface area contributed by atoms with Gasteiger partial charge in [-0.1, -0.05) is 6.07 Å². The lowest BCUT2D eigenvalue weighted by molar-refractivity contribution is -0.118. The van der Waals surface area contributed by atoms with Gasteiger partial charge in [-0.25, -0.2) is 0 Å². The first-order valence-corrected chi connectivity index (χ1v) is 6.64. The third kappa shape index (κ3) is 3.57. The van der Waals surface area contributed by atoms with Gasteiger partial charge in [-0.05, 0) is 49.9 Å². The van der Waals surface area contributed by atoms with Crippen molar-refractivity contribution >= 4 is 11.6 Å². The Balaban J connectivity index is 1.91. The van der Waals surface area contributed by atoms with Crippen molar-refractivity contribution in [2.75, 3.05) is 18.5 Å². The average molecular weight is 246 g/mol. The quantitative estimate of drug-likeness (QED) is 0.865. The molecule has 3 heteroatoms. The van der Waals surface area contributed by atoms with Gasteiger partial charge in [-0.15, -0.1) is 0 Å². The van der Waals surface area contributed by atoms with E-state index in [4.69, 9.17) is 0 Å². The number of amides is 1. The van der Waals surface area contributed by atoms with Gasteiger partial charge in [0.1, 0.15) is 0 Å². The molecule has 0 unspecified atom stereocenters. The zero-order chi connectivity index (χ0) is 13.1. The number of carbonyl (C=O) groups is 1. The molecule has 18 heavy (non-hydrogen) atoms. The number of rotatable bonds is 5. The largest absolute Gasteiger partial charge is 0.315 e. The van der Waals surface area contributed by atoms with Crippen LogP contribution >= 0.6 is 0 Å². The highest BCUT2D eigenvalue weighted by Gasteiger charge is 2.20. The summed E-state index contributed by atoms with van der Waals surface area (Å²) in [5.74, 6) is 0.174. The fraction of sp³-hybridized carbons (Fsp3) is 0.533. The predicted octanol–water partition coefficient (Wildman–Crippen LogP) is 2.41. The van der Waals surface area contributed by atoms with Crippen molar-refractivity contribution in [3.8, 4) is 0 Å². The topological polar surface area (TPSA) is 32.3 Å². The first kappa shape index (κ1) is 13.1. The van der Waals surface area contributed by atoms with Gasteiger partial charge in [0.05, 0.1) is 0 Å². The molecule has 0 heterocycles. The Morgan fingerprint density at radius 2 is 1.89 bits per heavy atom. The van der Waals surface area contributed by atoms with Crippen LogP contribution < -0.4 is 10.2 Å². The Labute approximate surface area is 109 Å². The summed E-state index contributed by atoms with van der Waals surface area (Å²) in [6, 6.07) is 6.90. The Hall–Kier alpha value is -1.35. The third-order valence-electron chi connectivity index (χ3n) is 3.32. The molecular weight excluding hydrogens is 224 g/mol. The van der Waals surface area contributed by atoms with Crippen molar-refractivity contribution in [1.29, 1.82) is 0 Å². The molecule has 1 saturated carbocycles. The van der Waals surface area contributed by atoms with Crippen molar-refractivity contribution in [1.82, 2.24) is 5.32 Å². The van der Waals surface area contributed by atoms with Crippen molar-refractivity contribution in [3.05, 3.63) is 29.3 Å². The van der Waals surface area contributed by atoms with Gasteiger partial charge in [-0.2, -0.15) is 0 Å². The zero-order valence-corrected chi connectivity index (χ0v) is 11.5. The molecule has 2 rings (SSSR count). The Kier molecular flexibility index (Phi) is 4.02. The summed E-state index contributed by atoms with van der Waals surface area (Å²) < 4.78 is 0. The van der Waals surface area contributed by atoms with Crippen molar-refractivity contribution in [2.45, 2.75) is 39.2 Å². The second-order valence-electron chi connectivity index (χ2n) is 5.28. The van der Waals surface area contributed by atoms with Crippen LogP contribution in [-0.4, -0.2) is 25.5 Å². The van der Waals surface area contributed by atoms with E-state index >= 15 is 0 Å². The fourth-order valence-corrected chi connectivity index (χ4v) is 2.13. The molecule has 1 N–H and O–H groups in total. The van der Waals surface area contributed by atoms with E-state index in [2.05, 4.69) is 37.4 Å². The van der Waals surface area contributed by atoms with Crippen LogP contribution in [-0.2, 0) is 4.79 Å². The van der Waals surface area contributed by atoms with E-state index in [1.165, 1.54) is 24.0 Å². The van der Waals surface area contributed by atoms with Crippen LogP contribution in [0.2, 0.25) is 0 Å². The number of nitrogens with zero attached hydrogens (tertiary/aromatic N) is 1. The lowest BCUT2D eigenvalue weighted by Crippen LogP contribution is -2.30. The molecule has 1 amide bonds. The number of hydrogen-bond acceptors (Lipinski definition) is 2. The molecule has 0 aliphatic heterocycles. The van der Waals surface area contributed by atoms with Crippen molar-refractivity contribution < 1.29 is 4.79 Å². The van der Waals surface area contributed by atoms with E-state index in [1.807, 2.05) is 7.05 Å². The van der Waals surface area contributed by atoms with Gasteiger partial charge in [0, 0.05) is 31.7 Å². The molecule has 0 atom stereocenters. The van der Waals surface area contributed by atoms with Crippen LogP contribution in [0.15, 0.2) is 18.2 Å². The van der Waals surface area contributed by atoms with E-state index in [-0.39, 0.29) is 5.91 Å². The van der Waals surface area contributed by atoms with Crippen LogP contribution in [0, 0.1) is 13.8 Å². The van der Waals surface area contributed by atoms with Gasteiger partial charge in [0.15, 0.2) is 0 Å². The summed E-state index contributed by atoms with van der Waals surface area (Å²) in [5, 5.41) is 3.37. The maximum Gasteiger partial charge on any atom is 0.227 e. The SMILES string of the molecule is Cc1cc(C)cc(N(C)C(=O)CCNC2CC2)c1. The van der Waals surface area contributed by atoms with Gasteiger partial charge in [0.2, 0.25) is 5.91 Å². The van der Waals surface area contributed by atoms with E-state index < -0.39 is 0 Å². The van der Waals surface area contributed by atoms with E-state index in [1.54, 1.807) is 4.90 Å². The molecular formula is C15H22N2O. The lowest BCUT2D eigenvalue weighted by atomic mass is 10.1. The van der Waals surface area contributed by atoms with Crippen LogP contribution in [0.3, 0.4) is 0 Å². The van der Waals surface area contributed by atoms with E-state index in [9.17, 15) is 4.79 Å². The average Bonchev–Trinajstić information content (AvgIpc) is 3.10. The normalized spacial score (nSPS) is 14.6. The molecule has 0 bridgehead atoms. The monoisotopic (exact) mass is 246 g/mol. The van der Waals surface area contributed by atoms with Gasteiger partial charge in [0.25, 0.3) is 0 Å². The Morgan fingerprint density at radius 3 is 2.44 bits per heavy atom. The summed E-state index contributed by atoms with van der Waals surface area (Å²) >= 11 is 0. The molecule has 0 radical (unpaired) electrons. The molecule has 1 aliphatic rings. The molecule has 0 saturated heterocycles. The second kappa shape index (κ2) is 5.53. The first-order valence-electron chi connectivity index (χ1n) is 6.64. The predicted molar refractivity (Wildman–Crippen MR) is 75.0 cm³/mol. The maximum absolute atomic E-state index is 12.1. The number of nitrogens with one attached hydrogen (secondary N) is 1. The smallest absolute Gasteiger partial charge is 0.227 e. The second-order valence-corrected chi connectivity index (χ2v) is 5.28. The van der Waals surface area contributed by atoms with E-state index in [0.717, 1.165) is 12.2 Å². The number of benzene rings is 1. The molecule has 3 nitrogen and oxygen atoms in total. The zero-order valence-electron chi connectivity index (χ0n) is 11.5. The van der Waals surface area contributed by atoms with Crippen LogP contribution in [0.5, 0.6) is 0 Å². The Bertz CT molecular complexity index is 418. The minimum absolute atomic E-state index is 0.174. The summed E-state index contributed by atoms with van der Waals surface area (Å²) in [7, 11) is 1.85. The van der Waals surface area contributed by atoms with Crippen LogP contribution in [0.4, 0.5) is 5.69 Å². The fourth-order valence-electron chi connectivity index (χ4n) is 2.13. The summed E-state index contributed by atoms with van der Waals surface area (Å²) in [6.07, 6.45) is 3.10. The molecule has 98 valence electrons. The van der Waals surface area contributed by atoms with Gasteiger partial charge < -0.3 is 10.2 Å². The minimum Gasteiger partial charge on any atom is -0.315 e. The minimum atomic E-state index is 0.174. The number of aryl methyl sites for hydroxylation is 2. The van der Waals surface area contributed by atoms with Crippen molar-refractivity contribution in [3.63, 3.8) is 0 Å². The standard InChI is InChI=1S/C15H22N2O/c1-11-8-12(2)10-14(9-11)17(3)15(18)6-7-16-13-4-5-13/h8-10,13,16H,4-7H2,1-3H3. The van der Waals surface area contributed by atoms with Crippen molar-refractivity contribution in [2.24, 2.45) is 0 Å². The van der Waals surface area contributed by atoms with Gasteiger partial charge in [-0.3, -0.25) is 4.79 Å². The van der Waals surface area contributed by atoms with Crippen LogP contribution in [0.25, 0.3) is 0 Å². The first-order chi connectivity index (χ1) is 8.56. The Morgan fingerprint density at radius 1 is 1.28 bits per heavy atom. The molecule has 1 aliphatic carbocycles. The highest BCUT2D eigenvalue weighted by atomic mass is 16.2. The number of hydrogen-bond donors (Lipinski definition) is 1. The molecule has 1 aromatic carbocycles. The van der Waals surface area contributed by atoms with E-state index in [0.29, 0.717) is 12.5 Å². The lowest BCUT2D eigenvalue weighted by Gasteiger charge is -2.18. The third-order valence-corrected chi connectivity index (χ3v) is 3.32. The number of carbonyl (C=O) groups excluding carboxylic acids is 1. The molecule has 0 aromatic heterocycles. The highest BCUT2D eigenvalue weighted by molar-refractivity contribution is 5.93. The number of anilines is 1. The maximum atomic E-state index is 12.1. The summed E-state index contributed by atoms with van der Waals surface area (Å²) in [5.41, 5.74) is 3.38. The summed E-state index contributed by atoms with van der Waals surface area (Å²) in [4.78, 5) is 13.8. The molecule has 0 spiro atoms. The van der Waals surface area contributed by atoms with Crippen LogP contribution in [0.1, 0.15) is 30.4 Å². The molecule has 1 fully saturated rings. The molecule has 1 aromatic rings. The summed E-state index contributed by atoms with van der Waals surface area (Å²) in [6.45, 7) is 4.91. The van der Waals surface area contributed by atoms with Gasteiger partial charge >= 0.3 is 0 Å². The highest BCUT2D eigenvalue weighted by Crippen LogP contribution is 2.19.